The number of allylic oxidation sites excluding steroid dienone is 4. The highest BCUT2D eigenvalue weighted by molar-refractivity contribution is 5.77. The Morgan fingerprint density at radius 3 is 1.21 bits per heavy atom. The lowest BCUT2D eigenvalue weighted by Gasteiger charge is -2.24. The molecule has 0 aliphatic carbocycles. The highest BCUT2D eigenvalue weighted by atomic mass is 16.5. The van der Waals surface area contributed by atoms with Gasteiger partial charge in [-0.25, -0.2) is 0 Å². The minimum atomic E-state index is -0.785. The number of carbonyl (C=O) groups is 2. The van der Waals surface area contributed by atoms with E-state index in [1.807, 2.05) is 0 Å². The Morgan fingerprint density at radius 1 is 0.475 bits per heavy atom. The number of rotatable bonds is 49. The van der Waals surface area contributed by atoms with E-state index in [0.29, 0.717) is 19.3 Å². The molecule has 0 fully saturated rings. The Morgan fingerprint density at radius 2 is 0.820 bits per heavy atom. The van der Waals surface area contributed by atoms with Gasteiger partial charge < -0.3 is 20.3 Å². The average molecular weight is 860 g/mol. The first kappa shape index (κ1) is 59.3. The van der Waals surface area contributed by atoms with E-state index in [2.05, 4.69) is 50.4 Å². The number of aliphatic hydroxyl groups excluding tert-OH is 2. The Kier molecular flexibility index (Phi) is 48.0. The topological polar surface area (TPSA) is 95.9 Å². The maximum atomic E-state index is 13.2. The van der Waals surface area contributed by atoms with Crippen LogP contribution in [0.2, 0.25) is 0 Å². The lowest BCUT2D eigenvalue weighted by Crippen LogP contribution is -2.46. The maximum absolute atomic E-state index is 13.2. The summed E-state index contributed by atoms with van der Waals surface area (Å²) < 4.78 is 5.94. The van der Waals surface area contributed by atoms with Crippen molar-refractivity contribution in [1.82, 2.24) is 5.32 Å². The van der Waals surface area contributed by atoms with Gasteiger partial charge in [-0.1, -0.05) is 251 Å². The second-order valence-corrected chi connectivity index (χ2v) is 18.7. The lowest BCUT2D eigenvalue weighted by atomic mass is 10.0. The fourth-order valence-electron chi connectivity index (χ4n) is 8.42. The first-order valence-corrected chi connectivity index (χ1v) is 27.1. The van der Waals surface area contributed by atoms with Gasteiger partial charge in [0.2, 0.25) is 5.91 Å². The molecule has 0 saturated heterocycles. The molecule has 3 N–H and O–H groups in total. The molecule has 0 rings (SSSR count). The van der Waals surface area contributed by atoms with Crippen LogP contribution in [0.5, 0.6) is 0 Å². The van der Waals surface area contributed by atoms with E-state index in [4.69, 9.17) is 4.74 Å². The van der Waals surface area contributed by atoms with E-state index < -0.39 is 18.2 Å². The first-order chi connectivity index (χ1) is 30.0. The normalized spacial score (nSPS) is 13.3. The molecule has 0 aliphatic heterocycles. The molecule has 3 unspecified atom stereocenters. The van der Waals surface area contributed by atoms with Gasteiger partial charge in [-0.3, -0.25) is 9.59 Å². The first-order valence-electron chi connectivity index (χ1n) is 27.1. The molecule has 3 atom stereocenters. The van der Waals surface area contributed by atoms with Crippen LogP contribution < -0.4 is 5.32 Å². The molecule has 1 amide bonds. The van der Waals surface area contributed by atoms with Crippen LogP contribution in [0, 0.1) is 0 Å². The van der Waals surface area contributed by atoms with Gasteiger partial charge in [0, 0.05) is 6.42 Å². The molecule has 0 aromatic heterocycles. The van der Waals surface area contributed by atoms with Crippen molar-refractivity contribution in [2.45, 2.75) is 309 Å². The molecular weight excluding hydrogens is 755 g/mol. The third kappa shape index (κ3) is 44.7. The zero-order valence-corrected chi connectivity index (χ0v) is 41.1. The monoisotopic (exact) mass is 860 g/mol. The predicted octanol–water partition coefficient (Wildman–Crippen LogP) is 16.3. The minimum absolute atomic E-state index is 0.0768. The molecular formula is C55H105NO5. The van der Waals surface area contributed by atoms with Crippen molar-refractivity contribution in [3.8, 4) is 0 Å². The Balaban J connectivity index is 4.52. The van der Waals surface area contributed by atoms with Crippen LogP contribution in [-0.2, 0) is 14.3 Å². The van der Waals surface area contributed by atoms with Crippen molar-refractivity contribution >= 4 is 11.9 Å². The number of nitrogens with one attached hydrogen (secondary N) is 1. The molecule has 0 bridgehead atoms. The summed E-state index contributed by atoms with van der Waals surface area (Å²) in [6.45, 7) is 6.49. The van der Waals surface area contributed by atoms with Gasteiger partial charge in [0.05, 0.1) is 25.2 Å². The van der Waals surface area contributed by atoms with Crippen LogP contribution in [0.25, 0.3) is 0 Å². The summed E-state index contributed by atoms with van der Waals surface area (Å²) in [6, 6.07) is -0.699. The molecule has 360 valence electrons. The second kappa shape index (κ2) is 49.4. The SMILES string of the molecule is CCCCCCCCC/C=C/C=C/CCCCCCCC(=O)OC(CCCCCCCCCCCCCC)CC(=O)NC(CO)C(O)CCCCCCCCCCCCCC. The van der Waals surface area contributed by atoms with Crippen molar-refractivity contribution in [2.24, 2.45) is 0 Å². The van der Waals surface area contributed by atoms with Gasteiger partial charge in [-0.05, 0) is 51.4 Å². The van der Waals surface area contributed by atoms with Gasteiger partial charge in [0.15, 0.2) is 0 Å². The van der Waals surface area contributed by atoms with Crippen LogP contribution in [0.3, 0.4) is 0 Å². The fourth-order valence-corrected chi connectivity index (χ4v) is 8.42. The van der Waals surface area contributed by atoms with E-state index in [1.165, 1.54) is 193 Å². The molecule has 6 heteroatoms. The third-order valence-electron chi connectivity index (χ3n) is 12.6. The number of ether oxygens (including phenoxy) is 1. The van der Waals surface area contributed by atoms with Crippen LogP contribution in [0.4, 0.5) is 0 Å². The van der Waals surface area contributed by atoms with Gasteiger partial charge in [0.25, 0.3) is 0 Å². The van der Waals surface area contributed by atoms with Crippen LogP contribution in [0.1, 0.15) is 290 Å². The van der Waals surface area contributed by atoms with Crippen LogP contribution >= 0.6 is 0 Å². The molecule has 0 aliphatic rings. The summed E-state index contributed by atoms with van der Waals surface area (Å²) in [5.74, 6) is -0.476. The number of unbranched alkanes of at least 4 members (excludes halogenated alkanes) is 34. The molecule has 61 heavy (non-hydrogen) atoms. The third-order valence-corrected chi connectivity index (χ3v) is 12.6. The Labute approximate surface area is 380 Å². The largest absolute Gasteiger partial charge is 0.462 e. The van der Waals surface area contributed by atoms with Crippen molar-refractivity contribution in [1.29, 1.82) is 0 Å². The highest BCUT2D eigenvalue weighted by Crippen LogP contribution is 2.18. The summed E-state index contributed by atoms with van der Waals surface area (Å²) in [5.41, 5.74) is 0. The number of carbonyl (C=O) groups excluding carboxylic acids is 2. The van der Waals surface area contributed by atoms with E-state index in [-0.39, 0.29) is 24.9 Å². The fraction of sp³-hybridized carbons (Fsp3) is 0.891. The molecule has 0 spiro atoms. The van der Waals surface area contributed by atoms with Gasteiger partial charge in [0.1, 0.15) is 6.10 Å². The van der Waals surface area contributed by atoms with E-state index in [9.17, 15) is 19.8 Å². The second-order valence-electron chi connectivity index (χ2n) is 18.7. The number of aliphatic hydroxyl groups is 2. The van der Waals surface area contributed by atoms with Gasteiger partial charge in [-0.15, -0.1) is 0 Å². The summed E-state index contributed by atoms with van der Waals surface area (Å²) >= 11 is 0. The molecule has 0 aromatic carbocycles. The Hall–Kier alpha value is -1.66. The predicted molar refractivity (Wildman–Crippen MR) is 264 cm³/mol. The minimum Gasteiger partial charge on any atom is -0.462 e. The summed E-state index contributed by atoms with van der Waals surface area (Å²) in [6.07, 6.45) is 56.6. The van der Waals surface area contributed by atoms with Crippen molar-refractivity contribution in [3.63, 3.8) is 0 Å². The van der Waals surface area contributed by atoms with Gasteiger partial charge in [-0.2, -0.15) is 0 Å². The summed E-state index contributed by atoms with van der Waals surface area (Å²) in [4.78, 5) is 26.2. The lowest BCUT2D eigenvalue weighted by molar-refractivity contribution is -0.151. The number of hydrogen-bond acceptors (Lipinski definition) is 5. The molecule has 0 saturated carbocycles. The number of esters is 1. The van der Waals surface area contributed by atoms with Crippen LogP contribution in [0.15, 0.2) is 24.3 Å². The van der Waals surface area contributed by atoms with Crippen molar-refractivity contribution in [3.05, 3.63) is 24.3 Å². The summed E-state index contributed by atoms with van der Waals surface area (Å²) in [5, 5.41) is 23.8. The van der Waals surface area contributed by atoms with Crippen molar-refractivity contribution < 1.29 is 24.5 Å². The molecule has 0 heterocycles. The maximum Gasteiger partial charge on any atom is 0.306 e. The van der Waals surface area contributed by atoms with E-state index >= 15 is 0 Å². The highest BCUT2D eigenvalue weighted by Gasteiger charge is 2.24. The summed E-state index contributed by atoms with van der Waals surface area (Å²) in [7, 11) is 0. The van der Waals surface area contributed by atoms with Crippen LogP contribution in [-0.4, -0.2) is 46.9 Å². The Bertz CT molecular complexity index is 966. The number of hydrogen-bond donors (Lipinski definition) is 3. The van der Waals surface area contributed by atoms with Crippen molar-refractivity contribution in [2.75, 3.05) is 6.61 Å². The quantitative estimate of drug-likeness (QED) is 0.0322. The zero-order valence-electron chi connectivity index (χ0n) is 41.1. The smallest absolute Gasteiger partial charge is 0.306 e. The molecule has 6 nitrogen and oxygen atoms in total. The average Bonchev–Trinajstić information content (AvgIpc) is 3.25. The van der Waals surface area contributed by atoms with E-state index in [1.54, 1.807) is 0 Å². The molecule has 0 aromatic rings. The van der Waals surface area contributed by atoms with Gasteiger partial charge >= 0.3 is 5.97 Å². The zero-order chi connectivity index (χ0) is 44.5. The number of amides is 1. The molecule has 0 radical (unpaired) electrons. The van der Waals surface area contributed by atoms with E-state index in [0.717, 1.165) is 51.4 Å². The standard InChI is InChI=1S/C55H105NO5/c1-4-7-10-13-16-19-22-25-26-27-28-29-30-33-36-39-42-45-48-55(60)61-51(46-43-40-37-34-31-23-20-17-14-11-8-5-2)49-54(59)56-52(50-57)53(58)47-44-41-38-35-32-24-21-18-15-12-9-6-3/h26-29,51-53,57-58H,4-25,30-50H2,1-3H3,(H,56,59)/b27-26+,29-28+.